The minimum Gasteiger partial charge on any atom is -0.493 e. The minimum atomic E-state index is -0.636. The lowest BCUT2D eigenvalue weighted by molar-refractivity contribution is -0.129. The molecular weight excluding hydrogens is 315 g/mol. The van der Waals surface area contributed by atoms with Crippen molar-refractivity contribution in [2.24, 2.45) is 0 Å². The molecule has 0 bridgehead atoms. The van der Waals surface area contributed by atoms with Gasteiger partial charge in [0.25, 0.3) is 0 Å². The van der Waals surface area contributed by atoms with Gasteiger partial charge in [-0.05, 0) is 42.0 Å². The molecule has 0 saturated carbocycles. The Morgan fingerprint density at radius 1 is 1.00 bits per heavy atom. The summed E-state index contributed by atoms with van der Waals surface area (Å²) in [6, 6.07) is 9.96. The summed E-state index contributed by atoms with van der Waals surface area (Å²) in [5.41, 5.74) is 0.928. The number of ether oxygens (including phenoxy) is 3. The molecule has 0 aliphatic rings. The largest absolute Gasteiger partial charge is 0.493 e. The second-order valence-electron chi connectivity index (χ2n) is 4.66. The van der Waals surface area contributed by atoms with Crippen LogP contribution in [0.25, 0.3) is 6.08 Å². The van der Waals surface area contributed by atoms with Crippen molar-refractivity contribution < 1.29 is 28.2 Å². The molecule has 0 fully saturated rings. The Balaban J connectivity index is 2.10. The summed E-state index contributed by atoms with van der Waals surface area (Å²) in [5, 5.41) is 0. The summed E-state index contributed by atoms with van der Waals surface area (Å²) in [6.45, 7) is 0. The van der Waals surface area contributed by atoms with Gasteiger partial charge in [-0.1, -0.05) is 12.1 Å². The first kappa shape index (κ1) is 17.2. The molecule has 0 saturated heterocycles. The molecule has 2 aromatic carbocycles. The fourth-order valence-electron chi connectivity index (χ4n) is 1.88. The molecule has 0 heterocycles. The molecule has 2 aromatic rings. The van der Waals surface area contributed by atoms with Gasteiger partial charge < -0.3 is 14.2 Å². The average Bonchev–Trinajstić information content (AvgIpc) is 2.60. The van der Waals surface area contributed by atoms with Gasteiger partial charge in [0.1, 0.15) is 5.82 Å². The van der Waals surface area contributed by atoms with E-state index in [1.807, 2.05) is 0 Å². The van der Waals surface area contributed by atoms with Gasteiger partial charge >= 0.3 is 11.9 Å². The van der Waals surface area contributed by atoms with Crippen LogP contribution in [0.3, 0.4) is 0 Å². The molecular formula is C18H15FO5. The molecule has 24 heavy (non-hydrogen) atoms. The van der Waals surface area contributed by atoms with E-state index in [4.69, 9.17) is 9.47 Å². The number of hydrogen-bond acceptors (Lipinski definition) is 5. The average molecular weight is 330 g/mol. The molecule has 0 N–H and O–H groups in total. The summed E-state index contributed by atoms with van der Waals surface area (Å²) >= 11 is 0. The zero-order chi connectivity index (χ0) is 17.5. The monoisotopic (exact) mass is 330 g/mol. The van der Waals surface area contributed by atoms with Gasteiger partial charge in [-0.25, -0.2) is 14.0 Å². The summed E-state index contributed by atoms with van der Waals surface area (Å²) in [7, 11) is 2.66. The lowest BCUT2D eigenvalue weighted by Crippen LogP contribution is -2.07. The lowest BCUT2D eigenvalue weighted by Gasteiger charge is -2.09. The molecule has 6 heteroatoms. The summed E-state index contributed by atoms with van der Waals surface area (Å²) in [4.78, 5) is 23.3. The van der Waals surface area contributed by atoms with Crippen molar-refractivity contribution in [2.75, 3.05) is 14.2 Å². The second kappa shape index (κ2) is 7.92. The van der Waals surface area contributed by atoms with Gasteiger partial charge in [-0.2, -0.15) is 0 Å². The molecule has 0 aromatic heterocycles. The first-order valence-corrected chi connectivity index (χ1v) is 6.95. The highest BCUT2D eigenvalue weighted by atomic mass is 19.1. The molecule has 0 spiro atoms. The van der Waals surface area contributed by atoms with Crippen LogP contribution in [0.15, 0.2) is 48.5 Å². The molecule has 0 atom stereocenters. The highest BCUT2D eigenvalue weighted by molar-refractivity contribution is 5.91. The quantitative estimate of drug-likeness (QED) is 0.478. The predicted molar refractivity (Wildman–Crippen MR) is 85.4 cm³/mol. The number of benzene rings is 2. The molecule has 124 valence electrons. The van der Waals surface area contributed by atoms with Gasteiger partial charge in [0, 0.05) is 6.08 Å². The normalized spacial score (nSPS) is 10.5. The van der Waals surface area contributed by atoms with Crippen molar-refractivity contribution in [2.45, 2.75) is 0 Å². The van der Waals surface area contributed by atoms with Crippen LogP contribution in [0.1, 0.15) is 15.9 Å². The number of carbonyl (C=O) groups is 2. The van der Waals surface area contributed by atoms with Crippen LogP contribution >= 0.6 is 0 Å². The van der Waals surface area contributed by atoms with Crippen LogP contribution < -0.4 is 9.47 Å². The number of methoxy groups -OCH3 is 2. The first-order chi connectivity index (χ1) is 11.5. The Bertz CT molecular complexity index is 765. The van der Waals surface area contributed by atoms with E-state index in [1.54, 1.807) is 0 Å². The van der Waals surface area contributed by atoms with Crippen LogP contribution in [0.4, 0.5) is 4.39 Å². The van der Waals surface area contributed by atoms with Crippen LogP contribution in [0.5, 0.6) is 11.5 Å². The van der Waals surface area contributed by atoms with E-state index in [1.165, 1.54) is 68.8 Å². The van der Waals surface area contributed by atoms with E-state index in [-0.39, 0.29) is 22.9 Å². The third kappa shape index (κ3) is 4.42. The molecule has 2 rings (SSSR count). The summed E-state index contributed by atoms with van der Waals surface area (Å²) in [6.07, 6.45) is 2.71. The van der Waals surface area contributed by atoms with E-state index in [0.29, 0.717) is 5.56 Å². The van der Waals surface area contributed by atoms with Crippen molar-refractivity contribution in [1.82, 2.24) is 0 Å². The third-order valence-corrected chi connectivity index (χ3v) is 3.08. The predicted octanol–water partition coefficient (Wildman–Crippen LogP) is 3.24. The van der Waals surface area contributed by atoms with E-state index in [0.717, 1.165) is 0 Å². The van der Waals surface area contributed by atoms with Crippen LogP contribution in [-0.2, 0) is 9.53 Å². The third-order valence-electron chi connectivity index (χ3n) is 3.08. The Kier molecular flexibility index (Phi) is 5.68. The standard InChI is InChI=1S/C18H15FO5/c1-22-16-11-13(18(21)23-2)6-9-15(16)24-17(20)10-5-12-3-7-14(19)8-4-12/h3-11H,1-2H3/b10-5+. The van der Waals surface area contributed by atoms with Crippen molar-refractivity contribution in [3.8, 4) is 11.5 Å². The number of hydrogen-bond donors (Lipinski definition) is 0. The highest BCUT2D eigenvalue weighted by Gasteiger charge is 2.13. The SMILES string of the molecule is COC(=O)c1ccc(OC(=O)/C=C/c2ccc(F)cc2)c(OC)c1. The lowest BCUT2D eigenvalue weighted by atomic mass is 10.2. The van der Waals surface area contributed by atoms with Crippen molar-refractivity contribution in [3.63, 3.8) is 0 Å². The molecule has 5 nitrogen and oxygen atoms in total. The highest BCUT2D eigenvalue weighted by Crippen LogP contribution is 2.28. The number of rotatable bonds is 5. The number of carbonyl (C=O) groups excluding carboxylic acids is 2. The van der Waals surface area contributed by atoms with Crippen molar-refractivity contribution >= 4 is 18.0 Å². The molecule has 0 unspecified atom stereocenters. The topological polar surface area (TPSA) is 61.8 Å². The molecule has 0 aliphatic heterocycles. The Morgan fingerprint density at radius 2 is 1.71 bits per heavy atom. The zero-order valence-electron chi connectivity index (χ0n) is 13.1. The van der Waals surface area contributed by atoms with Crippen LogP contribution in [0, 0.1) is 5.82 Å². The Morgan fingerprint density at radius 3 is 2.33 bits per heavy atom. The van der Waals surface area contributed by atoms with Crippen LogP contribution in [0.2, 0.25) is 0 Å². The fraction of sp³-hybridized carbons (Fsp3) is 0.111. The number of halogens is 1. The maximum Gasteiger partial charge on any atom is 0.337 e. The van der Waals surface area contributed by atoms with Gasteiger partial charge in [0.2, 0.25) is 0 Å². The van der Waals surface area contributed by atoms with Crippen molar-refractivity contribution in [3.05, 3.63) is 65.5 Å². The van der Waals surface area contributed by atoms with Gasteiger partial charge in [0.15, 0.2) is 11.5 Å². The smallest absolute Gasteiger partial charge is 0.337 e. The molecule has 0 radical (unpaired) electrons. The Hall–Kier alpha value is -3.15. The Labute approximate surface area is 138 Å². The first-order valence-electron chi connectivity index (χ1n) is 6.95. The van der Waals surface area contributed by atoms with E-state index in [2.05, 4.69) is 4.74 Å². The zero-order valence-corrected chi connectivity index (χ0v) is 13.1. The van der Waals surface area contributed by atoms with Gasteiger partial charge in [-0.15, -0.1) is 0 Å². The van der Waals surface area contributed by atoms with Gasteiger partial charge in [0.05, 0.1) is 19.8 Å². The van der Waals surface area contributed by atoms with E-state index < -0.39 is 11.9 Å². The molecule has 0 amide bonds. The van der Waals surface area contributed by atoms with E-state index in [9.17, 15) is 14.0 Å². The summed E-state index contributed by atoms with van der Waals surface area (Å²) < 4.78 is 27.7. The maximum absolute atomic E-state index is 12.8. The number of esters is 2. The van der Waals surface area contributed by atoms with Gasteiger partial charge in [-0.3, -0.25) is 0 Å². The minimum absolute atomic E-state index is 0.166. The van der Waals surface area contributed by atoms with E-state index >= 15 is 0 Å². The van der Waals surface area contributed by atoms with Crippen LogP contribution in [-0.4, -0.2) is 26.2 Å². The summed E-state index contributed by atoms with van der Waals surface area (Å²) in [5.74, 6) is -1.13. The van der Waals surface area contributed by atoms with Crippen molar-refractivity contribution in [1.29, 1.82) is 0 Å². The molecule has 0 aliphatic carbocycles. The fourth-order valence-corrected chi connectivity index (χ4v) is 1.88. The maximum atomic E-state index is 12.8. The second-order valence-corrected chi connectivity index (χ2v) is 4.66.